The summed E-state index contributed by atoms with van der Waals surface area (Å²) < 4.78 is 33.7. The van der Waals surface area contributed by atoms with Gasteiger partial charge in [0, 0.05) is 30.3 Å². The second-order valence-electron chi connectivity index (χ2n) is 8.29. The van der Waals surface area contributed by atoms with Crippen LogP contribution in [0.3, 0.4) is 0 Å². The zero-order valence-electron chi connectivity index (χ0n) is 19.2. The highest BCUT2D eigenvalue weighted by Gasteiger charge is 2.29. The van der Waals surface area contributed by atoms with Gasteiger partial charge >= 0.3 is 0 Å². The number of rotatable bonds is 11. The van der Waals surface area contributed by atoms with Gasteiger partial charge in [-0.05, 0) is 67.6 Å². The van der Waals surface area contributed by atoms with Gasteiger partial charge in [0.15, 0.2) is 0 Å². The van der Waals surface area contributed by atoms with Crippen molar-refractivity contribution in [3.63, 3.8) is 0 Å². The van der Waals surface area contributed by atoms with Gasteiger partial charge in [-0.2, -0.15) is 0 Å². The molecule has 0 radical (unpaired) electrons. The first-order valence-electron chi connectivity index (χ1n) is 11.2. The molecule has 0 bridgehead atoms. The molecule has 1 aliphatic carbocycles. The number of carbonyl (C=O) groups is 2. The van der Waals surface area contributed by atoms with Crippen LogP contribution in [0.4, 0.5) is 5.69 Å². The van der Waals surface area contributed by atoms with E-state index in [0.717, 1.165) is 18.4 Å². The Hall–Kier alpha value is -2.91. The van der Waals surface area contributed by atoms with Crippen LogP contribution in [0.15, 0.2) is 47.4 Å². The van der Waals surface area contributed by atoms with E-state index in [4.69, 9.17) is 4.74 Å². The van der Waals surface area contributed by atoms with Gasteiger partial charge in [0.2, 0.25) is 15.9 Å². The summed E-state index contributed by atoms with van der Waals surface area (Å²) in [5.41, 5.74) is 1.96. The average Bonchev–Trinajstić information content (AvgIpc) is 3.63. The molecular formula is C24H31N3O5S. The fraction of sp³-hybridized carbons (Fsp3) is 0.417. The van der Waals surface area contributed by atoms with Gasteiger partial charge in [0.25, 0.3) is 5.91 Å². The topological polar surface area (TPSA) is 114 Å². The van der Waals surface area contributed by atoms with Crippen molar-refractivity contribution in [2.75, 3.05) is 25.0 Å². The van der Waals surface area contributed by atoms with Crippen molar-refractivity contribution in [2.45, 2.75) is 44.4 Å². The van der Waals surface area contributed by atoms with Crippen molar-refractivity contribution in [3.8, 4) is 5.75 Å². The SMILES string of the molecule is CCOc1ccc(C(C)C)cc1S(=O)(=O)NCCNC(=O)c1ccc(NC(=O)C2CC2)cc1. The minimum atomic E-state index is -3.82. The Morgan fingerprint density at radius 3 is 2.36 bits per heavy atom. The van der Waals surface area contributed by atoms with Crippen molar-refractivity contribution < 1.29 is 22.7 Å². The van der Waals surface area contributed by atoms with Gasteiger partial charge in [-0.15, -0.1) is 0 Å². The molecule has 3 rings (SSSR count). The van der Waals surface area contributed by atoms with E-state index in [0.29, 0.717) is 23.6 Å². The molecule has 0 aliphatic heterocycles. The molecule has 0 aromatic heterocycles. The summed E-state index contributed by atoms with van der Waals surface area (Å²) in [6.07, 6.45) is 1.85. The first kappa shape index (κ1) is 24.7. The molecule has 33 heavy (non-hydrogen) atoms. The number of anilines is 1. The normalized spacial score (nSPS) is 13.6. The molecule has 0 atom stereocenters. The molecule has 0 spiro atoms. The number of hydrogen-bond donors (Lipinski definition) is 3. The summed E-state index contributed by atoms with van der Waals surface area (Å²) in [7, 11) is -3.82. The maximum Gasteiger partial charge on any atom is 0.251 e. The predicted octanol–water partition coefficient (Wildman–Crippen LogP) is 3.27. The van der Waals surface area contributed by atoms with Crippen molar-refractivity contribution in [2.24, 2.45) is 5.92 Å². The van der Waals surface area contributed by atoms with Crippen LogP contribution in [0, 0.1) is 5.92 Å². The van der Waals surface area contributed by atoms with Crippen molar-refractivity contribution >= 4 is 27.5 Å². The van der Waals surface area contributed by atoms with Crippen LogP contribution in [-0.2, 0) is 14.8 Å². The molecular weight excluding hydrogens is 442 g/mol. The lowest BCUT2D eigenvalue weighted by Gasteiger charge is -2.15. The second-order valence-corrected chi connectivity index (χ2v) is 10.0. The Morgan fingerprint density at radius 1 is 1.06 bits per heavy atom. The van der Waals surface area contributed by atoms with Crippen LogP contribution < -0.4 is 20.1 Å². The predicted molar refractivity (Wildman–Crippen MR) is 127 cm³/mol. The number of amides is 2. The molecule has 1 aliphatic rings. The molecule has 2 amide bonds. The zero-order valence-corrected chi connectivity index (χ0v) is 20.0. The monoisotopic (exact) mass is 473 g/mol. The Labute approximate surface area is 195 Å². The largest absolute Gasteiger partial charge is 0.492 e. The Bertz CT molecular complexity index is 1090. The molecule has 1 saturated carbocycles. The van der Waals surface area contributed by atoms with E-state index in [-0.39, 0.29) is 41.6 Å². The lowest BCUT2D eigenvalue weighted by Crippen LogP contribution is -2.34. The van der Waals surface area contributed by atoms with Gasteiger partial charge < -0.3 is 15.4 Å². The highest BCUT2D eigenvalue weighted by molar-refractivity contribution is 7.89. The van der Waals surface area contributed by atoms with Crippen LogP contribution in [-0.4, -0.2) is 39.9 Å². The standard InChI is InChI=1S/C24H31N3O5S/c1-4-32-21-12-9-19(16(2)3)15-22(21)33(30,31)26-14-13-25-23(28)17-7-10-20(11-8-17)27-24(29)18-5-6-18/h7-12,15-16,18,26H,4-6,13-14H2,1-3H3,(H,25,28)(H,27,29). The van der Waals surface area contributed by atoms with E-state index in [1.165, 1.54) is 0 Å². The molecule has 0 unspecified atom stereocenters. The van der Waals surface area contributed by atoms with Gasteiger partial charge in [-0.25, -0.2) is 13.1 Å². The lowest BCUT2D eigenvalue weighted by molar-refractivity contribution is -0.117. The van der Waals surface area contributed by atoms with E-state index in [1.54, 1.807) is 43.3 Å². The maximum absolute atomic E-state index is 12.9. The minimum absolute atomic E-state index is 0.00547. The number of benzene rings is 2. The third kappa shape index (κ3) is 6.79. The third-order valence-corrected chi connectivity index (χ3v) is 6.77. The Kier molecular flexibility index (Phi) is 8.10. The summed E-state index contributed by atoms with van der Waals surface area (Å²) in [5, 5.41) is 5.52. The second kappa shape index (κ2) is 10.8. The fourth-order valence-corrected chi connectivity index (χ4v) is 4.41. The van der Waals surface area contributed by atoms with Crippen molar-refractivity contribution in [3.05, 3.63) is 53.6 Å². The lowest BCUT2D eigenvalue weighted by atomic mass is 10.0. The van der Waals surface area contributed by atoms with Crippen LogP contribution in [0.5, 0.6) is 5.75 Å². The first-order chi connectivity index (χ1) is 15.7. The van der Waals surface area contributed by atoms with Gasteiger partial charge in [-0.3, -0.25) is 9.59 Å². The number of hydrogen-bond acceptors (Lipinski definition) is 5. The van der Waals surface area contributed by atoms with Crippen molar-refractivity contribution in [1.82, 2.24) is 10.0 Å². The fourth-order valence-electron chi connectivity index (χ4n) is 3.20. The summed E-state index contributed by atoms with van der Waals surface area (Å²) in [5.74, 6) is 0.251. The molecule has 0 saturated heterocycles. The molecule has 8 nitrogen and oxygen atoms in total. The molecule has 2 aromatic carbocycles. The molecule has 0 heterocycles. The minimum Gasteiger partial charge on any atom is -0.492 e. The van der Waals surface area contributed by atoms with Gasteiger partial charge in [0.1, 0.15) is 10.6 Å². The summed E-state index contributed by atoms with van der Waals surface area (Å²) in [6, 6.07) is 11.7. The molecule has 9 heteroatoms. The van der Waals surface area contributed by atoms with Gasteiger partial charge in [-0.1, -0.05) is 19.9 Å². The first-order valence-corrected chi connectivity index (χ1v) is 12.6. The molecule has 2 aromatic rings. The van der Waals surface area contributed by atoms with E-state index < -0.39 is 10.0 Å². The van der Waals surface area contributed by atoms with Crippen LogP contribution in [0.2, 0.25) is 0 Å². The van der Waals surface area contributed by atoms with Gasteiger partial charge in [0.05, 0.1) is 6.61 Å². The van der Waals surface area contributed by atoms with Crippen molar-refractivity contribution in [1.29, 1.82) is 0 Å². The Morgan fingerprint density at radius 2 is 1.76 bits per heavy atom. The number of nitrogens with one attached hydrogen (secondary N) is 3. The number of sulfonamides is 1. The zero-order chi connectivity index (χ0) is 24.0. The quantitative estimate of drug-likeness (QED) is 0.434. The highest BCUT2D eigenvalue weighted by Crippen LogP contribution is 2.30. The van der Waals surface area contributed by atoms with E-state index in [9.17, 15) is 18.0 Å². The maximum atomic E-state index is 12.9. The molecule has 178 valence electrons. The van der Waals surface area contributed by atoms with Crippen LogP contribution in [0.25, 0.3) is 0 Å². The summed E-state index contributed by atoms with van der Waals surface area (Å²) in [6.45, 7) is 6.27. The highest BCUT2D eigenvalue weighted by atomic mass is 32.2. The van der Waals surface area contributed by atoms with E-state index in [1.807, 2.05) is 19.9 Å². The van der Waals surface area contributed by atoms with E-state index >= 15 is 0 Å². The van der Waals surface area contributed by atoms with Crippen LogP contribution >= 0.6 is 0 Å². The smallest absolute Gasteiger partial charge is 0.251 e. The number of ether oxygens (including phenoxy) is 1. The van der Waals surface area contributed by atoms with E-state index in [2.05, 4.69) is 15.4 Å². The molecule has 1 fully saturated rings. The molecule has 3 N–H and O–H groups in total. The summed E-state index contributed by atoms with van der Waals surface area (Å²) in [4.78, 5) is 24.2. The summed E-state index contributed by atoms with van der Waals surface area (Å²) >= 11 is 0. The Balaban J connectivity index is 1.54. The third-order valence-electron chi connectivity index (χ3n) is 5.29. The average molecular weight is 474 g/mol. The number of carbonyl (C=O) groups excluding carboxylic acids is 2. The van der Waals surface area contributed by atoms with Crippen LogP contribution in [0.1, 0.15) is 55.5 Å².